The molecule has 1 aliphatic heterocycles. The first-order valence-corrected chi connectivity index (χ1v) is 3.38. The zero-order valence-corrected chi connectivity index (χ0v) is 5.63. The number of hydrogen-bond donors (Lipinski definition) is 0. The predicted octanol–water partition coefficient (Wildman–Crippen LogP) is 1.47. The van der Waals surface area contributed by atoms with E-state index >= 15 is 0 Å². The Morgan fingerprint density at radius 3 is 2.78 bits per heavy atom. The van der Waals surface area contributed by atoms with Gasteiger partial charge in [-0.2, -0.15) is 5.26 Å². The second kappa shape index (κ2) is 2.84. The molecule has 0 saturated carbocycles. The van der Waals surface area contributed by atoms with Crippen molar-refractivity contribution in [2.45, 2.75) is 38.4 Å². The maximum Gasteiger partial charge on any atom is 0.144 e. The number of ether oxygens (including phenoxy) is 1. The van der Waals surface area contributed by atoms with Crippen molar-refractivity contribution in [3.63, 3.8) is 0 Å². The molecule has 9 heavy (non-hydrogen) atoms. The third-order valence-electron chi connectivity index (χ3n) is 1.62. The standard InChI is InChI=1S/C7H11NO/c1-6-3-2-4-7(5-8)9-6/h6-7H,2-4H2,1H3. The van der Waals surface area contributed by atoms with Crippen LogP contribution in [0.25, 0.3) is 0 Å². The molecule has 0 N–H and O–H groups in total. The lowest BCUT2D eigenvalue weighted by atomic mass is 10.1. The first-order valence-electron chi connectivity index (χ1n) is 3.38. The van der Waals surface area contributed by atoms with Crippen LogP contribution < -0.4 is 0 Å². The quantitative estimate of drug-likeness (QED) is 0.491. The van der Waals surface area contributed by atoms with E-state index < -0.39 is 0 Å². The molecule has 2 unspecified atom stereocenters. The molecule has 2 nitrogen and oxygen atoms in total. The summed E-state index contributed by atoms with van der Waals surface area (Å²) in [6, 6.07) is 2.11. The molecule has 1 saturated heterocycles. The van der Waals surface area contributed by atoms with Crippen LogP contribution in [0, 0.1) is 11.3 Å². The van der Waals surface area contributed by atoms with Gasteiger partial charge in [-0.25, -0.2) is 0 Å². The van der Waals surface area contributed by atoms with Gasteiger partial charge in [0.05, 0.1) is 12.2 Å². The highest BCUT2D eigenvalue weighted by atomic mass is 16.5. The van der Waals surface area contributed by atoms with Crippen molar-refractivity contribution in [2.24, 2.45) is 0 Å². The zero-order chi connectivity index (χ0) is 6.69. The molecule has 0 aromatic rings. The van der Waals surface area contributed by atoms with Crippen LogP contribution in [0.15, 0.2) is 0 Å². The highest BCUT2D eigenvalue weighted by Crippen LogP contribution is 2.17. The van der Waals surface area contributed by atoms with Crippen molar-refractivity contribution in [1.29, 1.82) is 5.26 Å². The van der Waals surface area contributed by atoms with Crippen LogP contribution in [0.2, 0.25) is 0 Å². The van der Waals surface area contributed by atoms with Gasteiger partial charge in [0.25, 0.3) is 0 Å². The zero-order valence-electron chi connectivity index (χ0n) is 5.63. The Labute approximate surface area is 55.4 Å². The van der Waals surface area contributed by atoms with E-state index in [2.05, 4.69) is 6.07 Å². The smallest absolute Gasteiger partial charge is 0.144 e. The fraction of sp³-hybridized carbons (Fsp3) is 0.857. The Kier molecular flexibility index (Phi) is 2.07. The SMILES string of the molecule is CC1CCCC(C#N)O1. The van der Waals surface area contributed by atoms with E-state index in [1.807, 2.05) is 6.92 Å². The van der Waals surface area contributed by atoms with E-state index in [4.69, 9.17) is 10.00 Å². The summed E-state index contributed by atoms with van der Waals surface area (Å²) in [6.45, 7) is 2.02. The number of nitrogens with zero attached hydrogens (tertiary/aromatic N) is 1. The monoisotopic (exact) mass is 125 g/mol. The Balaban J connectivity index is 2.34. The van der Waals surface area contributed by atoms with E-state index in [1.54, 1.807) is 0 Å². The fourth-order valence-corrected chi connectivity index (χ4v) is 1.10. The maximum absolute atomic E-state index is 8.43. The van der Waals surface area contributed by atoms with Gasteiger partial charge >= 0.3 is 0 Å². The number of nitriles is 1. The van der Waals surface area contributed by atoms with Gasteiger partial charge in [-0.05, 0) is 26.2 Å². The van der Waals surface area contributed by atoms with Crippen LogP contribution in [0.3, 0.4) is 0 Å². The van der Waals surface area contributed by atoms with Crippen molar-refractivity contribution in [3.8, 4) is 6.07 Å². The molecule has 0 amide bonds. The van der Waals surface area contributed by atoms with Crippen molar-refractivity contribution in [1.82, 2.24) is 0 Å². The van der Waals surface area contributed by atoms with Gasteiger partial charge < -0.3 is 4.74 Å². The molecule has 0 aromatic heterocycles. The second-order valence-corrected chi connectivity index (χ2v) is 2.50. The van der Waals surface area contributed by atoms with Gasteiger partial charge in [0.2, 0.25) is 0 Å². The van der Waals surface area contributed by atoms with Crippen molar-refractivity contribution in [2.75, 3.05) is 0 Å². The van der Waals surface area contributed by atoms with Crippen molar-refractivity contribution >= 4 is 0 Å². The van der Waals surface area contributed by atoms with Gasteiger partial charge in [0.1, 0.15) is 6.10 Å². The molecule has 2 atom stereocenters. The molecule has 2 heteroatoms. The number of hydrogen-bond acceptors (Lipinski definition) is 2. The average molecular weight is 125 g/mol. The third-order valence-corrected chi connectivity index (χ3v) is 1.62. The molecule has 0 radical (unpaired) electrons. The summed E-state index contributed by atoms with van der Waals surface area (Å²) in [4.78, 5) is 0. The molecular weight excluding hydrogens is 114 g/mol. The van der Waals surface area contributed by atoms with E-state index in [0.717, 1.165) is 19.3 Å². The van der Waals surface area contributed by atoms with Crippen LogP contribution in [0.5, 0.6) is 0 Å². The summed E-state index contributed by atoms with van der Waals surface area (Å²) in [5.41, 5.74) is 0. The van der Waals surface area contributed by atoms with Gasteiger partial charge in [0.15, 0.2) is 0 Å². The number of rotatable bonds is 0. The summed E-state index contributed by atoms with van der Waals surface area (Å²) in [5, 5.41) is 8.43. The normalized spacial score (nSPS) is 35.6. The highest BCUT2D eigenvalue weighted by Gasteiger charge is 2.17. The highest BCUT2D eigenvalue weighted by molar-refractivity contribution is 4.86. The van der Waals surface area contributed by atoms with Gasteiger partial charge in [-0.3, -0.25) is 0 Å². The molecular formula is C7H11NO. The Morgan fingerprint density at radius 2 is 2.33 bits per heavy atom. The lowest BCUT2D eigenvalue weighted by molar-refractivity contribution is -0.0101. The minimum atomic E-state index is -0.131. The van der Waals surface area contributed by atoms with Gasteiger partial charge in [-0.15, -0.1) is 0 Å². The summed E-state index contributed by atoms with van der Waals surface area (Å²) >= 11 is 0. The van der Waals surface area contributed by atoms with Crippen LogP contribution >= 0.6 is 0 Å². The lowest BCUT2D eigenvalue weighted by Crippen LogP contribution is -2.23. The third kappa shape index (κ3) is 1.69. The fourth-order valence-electron chi connectivity index (χ4n) is 1.10. The molecule has 1 aliphatic rings. The largest absolute Gasteiger partial charge is 0.360 e. The van der Waals surface area contributed by atoms with E-state index in [0.29, 0.717) is 6.10 Å². The minimum absolute atomic E-state index is 0.131. The summed E-state index contributed by atoms with van der Waals surface area (Å²) < 4.78 is 5.27. The van der Waals surface area contributed by atoms with E-state index in [9.17, 15) is 0 Å². The first-order chi connectivity index (χ1) is 4.33. The predicted molar refractivity (Wildman–Crippen MR) is 33.8 cm³/mol. The van der Waals surface area contributed by atoms with Gasteiger partial charge in [-0.1, -0.05) is 0 Å². The van der Waals surface area contributed by atoms with Crippen LogP contribution in [-0.4, -0.2) is 12.2 Å². The maximum atomic E-state index is 8.43. The first kappa shape index (κ1) is 6.57. The van der Waals surface area contributed by atoms with Gasteiger partial charge in [0, 0.05) is 0 Å². The summed E-state index contributed by atoms with van der Waals surface area (Å²) in [6.07, 6.45) is 3.33. The minimum Gasteiger partial charge on any atom is -0.360 e. The molecule has 1 heterocycles. The Morgan fingerprint density at radius 1 is 1.56 bits per heavy atom. The van der Waals surface area contributed by atoms with Crippen molar-refractivity contribution in [3.05, 3.63) is 0 Å². The molecule has 1 rings (SSSR count). The molecule has 0 bridgehead atoms. The van der Waals surface area contributed by atoms with Crippen molar-refractivity contribution < 1.29 is 4.74 Å². The summed E-state index contributed by atoms with van der Waals surface area (Å²) in [5.74, 6) is 0. The topological polar surface area (TPSA) is 33.0 Å². The molecule has 50 valence electrons. The summed E-state index contributed by atoms with van der Waals surface area (Å²) in [7, 11) is 0. The van der Waals surface area contributed by atoms with Crippen LogP contribution in [0.4, 0.5) is 0 Å². The van der Waals surface area contributed by atoms with Crippen LogP contribution in [0.1, 0.15) is 26.2 Å². The molecule has 1 fully saturated rings. The van der Waals surface area contributed by atoms with E-state index in [-0.39, 0.29) is 6.10 Å². The lowest BCUT2D eigenvalue weighted by Gasteiger charge is -2.22. The van der Waals surface area contributed by atoms with E-state index in [1.165, 1.54) is 0 Å². The second-order valence-electron chi connectivity index (χ2n) is 2.50. The average Bonchev–Trinajstić information content (AvgIpc) is 1.88. The Bertz CT molecular complexity index is 127. The molecule has 0 aromatic carbocycles. The molecule has 0 spiro atoms. The Hall–Kier alpha value is -0.550. The van der Waals surface area contributed by atoms with Crippen LogP contribution in [-0.2, 0) is 4.74 Å². The molecule has 0 aliphatic carbocycles.